The summed E-state index contributed by atoms with van der Waals surface area (Å²) in [4.78, 5) is 22.7. The van der Waals surface area contributed by atoms with Gasteiger partial charge in [-0.3, -0.25) is 9.59 Å². The number of aliphatic carboxylic acids is 1. The Morgan fingerprint density at radius 1 is 1.35 bits per heavy atom. The van der Waals surface area contributed by atoms with Gasteiger partial charge in [0, 0.05) is 35.9 Å². The minimum atomic E-state index is -0.783. The van der Waals surface area contributed by atoms with Crippen LogP contribution in [-0.2, 0) is 14.3 Å². The van der Waals surface area contributed by atoms with E-state index in [0.717, 1.165) is 6.42 Å². The van der Waals surface area contributed by atoms with E-state index in [2.05, 4.69) is 0 Å². The third-order valence-electron chi connectivity index (χ3n) is 4.16. The molecule has 4 nitrogen and oxygen atoms in total. The number of unbranched alkanes of at least 4 members (excludes halogenated alkanes) is 1. The summed E-state index contributed by atoms with van der Waals surface area (Å²) in [5.41, 5.74) is 0. The van der Waals surface area contributed by atoms with Crippen LogP contribution in [0.4, 0.5) is 0 Å². The lowest BCUT2D eigenvalue weighted by atomic mass is 9.77. The van der Waals surface area contributed by atoms with Gasteiger partial charge in [-0.15, -0.1) is 0 Å². The van der Waals surface area contributed by atoms with Crippen LogP contribution in [0.25, 0.3) is 0 Å². The van der Waals surface area contributed by atoms with E-state index in [9.17, 15) is 9.59 Å². The van der Waals surface area contributed by atoms with Crippen molar-refractivity contribution >= 4 is 23.5 Å². The number of methoxy groups -OCH3 is 1. The Morgan fingerprint density at radius 3 is 2.80 bits per heavy atom. The fraction of sp³-hybridized carbons (Fsp3) is 0.733. The predicted octanol–water partition coefficient (Wildman–Crippen LogP) is 2.52. The summed E-state index contributed by atoms with van der Waals surface area (Å²) in [6, 6.07) is 0. The molecule has 0 amide bonds. The molecule has 112 valence electrons. The zero-order chi connectivity index (χ0) is 14.5. The molecule has 2 aliphatic heterocycles. The highest BCUT2D eigenvalue weighted by atomic mass is 32.2. The van der Waals surface area contributed by atoms with Gasteiger partial charge in [-0.1, -0.05) is 6.08 Å². The van der Waals surface area contributed by atoms with Crippen molar-refractivity contribution < 1.29 is 19.4 Å². The molecule has 2 aliphatic rings. The van der Waals surface area contributed by atoms with Gasteiger partial charge in [0.2, 0.25) is 0 Å². The first kappa shape index (κ1) is 15.6. The number of carbonyl (C=O) groups excluding carboxylic acids is 1. The quantitative estimate of drug-likeness (QED) is 0.551. The summed E-state index contributed by atoms with van der Waals surface area (Å²) in [6.45, 7) is 0.664. The molecule has 0 unspecified atom stereocenters. The number of ether oxygens (including phenoxy) is 1. The van der Waals surface area contributed by atoms with E-state index in [0.29, 0.717) is 35.9 Å². The third-order valence-corrected chi connectivity index (χ3v) is 5.97. The fourth-order valence-corrected chi connectivity index (χ4v) is 5.20. The van der Waals surface area contributed by atoms with E-state index in [1.54, 1.807) is 13.2 Å². The molecule has 0 spiro atoms. The van der Waals surface area contributed by atoms with Crippen molar-refractivity contribution in [1.29, 1.82) is 0 Å². The molecule has 0 aliphatic carbocycles. The fourth-order valence-electron chi connectivity index (χ4n) is 3.25. The molecular formula is C15H22O4S. The number of fused-ring (bicyclic) bond motifs is 2. The minimum Gasteiger partial charge on any atom is -0.481 e. The van der Waals surface area contributed by atoms with Gasteiger partial charge < -0.3 is 9.84 Å². The first-order chi connectivity index (χ1) is 9.63. The molecule has 0 aromatic heterocycles. The van der Waals surface area contributed by atoms with Crippen LogP contribution >= 0.6 is 11.8 Å². The topological polar surface area (TPSA) is 63.6 Å². The predicted molar refractivity (Wildman–Crippen MR) is 78.9 cm³/mol. The van der Waals surface area contributed by atoms with E-state index in [-0.39, 0.29) is 18.1 Å². The van der Waals surface area contributed by atoms with Gasteiger partial charge in [-0.25, -0.2) is 0 Å². The second kappa shape index (κ2) is 7.27. The zero-order valence-corrected chi connectivity index (χ0v) is 12.6. The SMILES string of the molecule is COC[C@H]1[C@@H](C(=O)C=CCCCC(=O)O)[C@H]2CC[C@@H]1S2. The number of rotatable bonds is 8. The van der Waals surface area contributed by atoms with Crippen molar-refractivity contribution in [2.45, 2.75) is 42.6 Å². The Kier molecular flexibility index (Phi) is 5.66. The molecule has 0 aromatic rings. The molecule has 4 atom stereocenters. The molecule has 0 radical (unpaired) electrons. The Labute approximate surface area is 124 Å². The average Bonchev–Trinajstić information content (AvgIpc) is 2.99. The van der Waals surface area contributed by atoms with Crippen LogP contribution in [0, 0.1) is 11.8 Å². The number of thioether (sulfide) groups is 1. The average molecular weight is 298 g/mol. The molecule has 2 saturated heterocycles. The summed E-state index contributed by atoms with van der Waals surface area (Å²) in [5, 5.41) is 9.59. The molecule has 20 heavy (non-hydrogen) atoms. The van der Waals surface area contributed by atoms with E-state index in [1.165, 1.54) is 6.42 Å². The summed E-state index contributed by atoms with van der Waals surface area (Å²) in [7, 11) is 1.69. The Bertz CT molecular complexity index is 393. The number of hydrogen-bond acceptors (Lipinski definition) is 4. The summed E-state index contributed by atoms with van der Waals surface area (Å²) < 4.78 is 5.27. The van der Waals surface area contributed by atoms with Crippen molar-refractivity contribution in [3.63, 3.8) is 0 Å². The summed E-state index contributed by atoms with van der Waals surface area (Å²) >= 11 is 1.95. The lowest BCUT2D eigenvalue weighted by Gasteiger charge is -2.27. The zero-order valence-electron chi connectivity index (χ0n) is 11.8. The normalized spacial score (nSPS) is 32.0. The molecule has 1 N–H and O–H groups in total. The van der Waals surface area contributed by atoms with Gasteiger partial charge in [-0.05, 0) is 31.8 Å². The van der Waals surface area contributed by atoms with Crippen LogP contribution in [0.5, 0.6) is 0 Å². The van der Waals surface area contributed by atoms with Crippen molar-refractivity contribution in [3.05, 3.63) is 12.2 Å². The van der Waals surface area contributed by atoms with E-state index < -0.39 is 5.97 Å². The first-order valence-electron chi connectivity index (χ1n) is 7.20. The maximum atomic E-state index is 12.3. The summed E-state index contributed by atoms with van der Waals surface area (Å²) in [5.74, 6) is -0.147. The van der Waals surface area contributed by atoms with E-state index in [1.807, 2.05) is 17.8 Å². The van der Waals surface area contributed by atoms with Gasteiger partial charge in [-0.2, -0.15) is 11.8 Å². The number of ketones is 1. The molecule has 2 bridgehead atoms. The highest BCUT2D eigenvalue weighted by Crippen LogP contribution is 2.53. The monoisotopic (exact) mass is 298 g/mol. The number of allylic oxidation sites excluding steroid dienone is 2. The minimum absolute atomic E-state index is 0.0921. The number of carboxylic acid groups (broad SMARTS) is 1. The van der Waals surface area contributed by atoms with Crippen LogP contribution in [0.1, 0.15) is 32.1 Å². The number of carboxylic acids is 1. The van der Waals surface area contributed by atoms with Crippen LogP contribution in [0.3, 0.4) is 0 Å². The van der Waals surface area contributed by atoms with Crippen molar-refractivity contribution in [3.8, 4) is 0 Å². The van der Waals surface area contributed by atoms with Gasteiger partial charge in [0.1, 0.15) is 0 Å². The van der Waals surface area contributed by atoms with Crippen molar-refractivity contribution in [1.82, 2.24) is 0 Å². The highest BCUT2D eigenvalue weighted by molar-refractivity contribution is 8.01. The van der Waals surface area contributed by atoms with Crippen LogP contribution in [0.2, 0.25) is 0 Å². The molecule has 5 heteroatoms. The lowest BCUT2D eigenvalue weighted by molar-refractivity contribution is -0.137. The second-order valence-electron chi connectivity index (χ2n) is 5.53. The molecule has 2 rings (SSSR count). The second-order valence-corrected chi connectivity index (χ2v) is 7.01. The molecule has 2 heterocycles. The van der Waals surface area contributed by atoms with Crippen molar-refractivity contribution in [2.24, 2.45) is 11.8 Å². The highest BCUT2D eigenvalue weighted by Gasteiger charge is 2.50. The molecule has 0 saturated carbocycles. The van der Waals surface area contributed by atoms with Crippen LogP contribution < -0.4 is 0 Å². The van der Waals surface area contributed by atoms with Gasteiger partial charge in [0.15, 0.2) is 5.78 Å². The Morgan fingerprint density at radius 2 is 2.10 bits per heavy atom. The van der Waals surface area contributed by atoms with Crippen molar-refractivity contribution in [2.75, 3.05) is 13.7 Å². The van der Waals surface area contributed by atoms with E-state index >= 15 is 0 Å². The van der Waals surface area contributed by atoms with E-state index in [4.69, 9.17) is 9.84 Å². The molecule has 2 fully saturated rings. The standard InChI is InChI=1S/C15H22O4S/c1-19-9-10-12-7-8-13(20-12)15(10)11(16)5-3-2-4-6-14(17)18/h3,5,10,12-13,15H,2,4,6-9H2,1H3,(H,17,18)/t10-,12+,13-,15+/m1/s1. The number of hydrogen-bond donors (Lipinski definition) is 1. The summed E-state index contributed by atoms with van der Waals surface area (Å²) in [6.07, 6.45) is 7.23. The lowest BCUT2D eigenvalue weighted by Crippen LogP contribution is -2.35. The Balaban J connectivity index is 1.84. The first-order valence-corrected chi connectivity index (χ1v) is 8.14. The van der Waals surface area contributed by atoms with Gasteiger partial charge >= 0.3 is 5.97 Å². The van der Waals surface area contributed by atoms with Gasteiger partial charge in [0.25, 0.3) is 0 Å². The van der Waals surface area contributed by atoms with Gasteiger partial charge in [0.05, 0.1) is 6.61 Å². The van der Waals surface area contributed by atoms with Crippen LogP contribution in [-0.4, -0.2) is 41.1 Å². The number of carbonyl (C=O) groups is 2. The molecule has 0 aromatic carbocycles. The maximum absolute atomic E-state index is 12.3. The Hall–Kier alpha value is -0.810. The van der Waals surface area contributed by atoms with Crippen LogP contribution in [0.15, 0.2) is 12.2 Å². The smallest absolute Gasteiger partial charge is 0.303 e. The largest absolute Gasteiger partial charge is 0.481 e. The molecular weight excluding hydrogens is 276 g/mol. The maximum Gasteiger partial charge on any atom is 0.303 e. The third kappa shape index (κ3) is 3.64.